The van der Waals surface area contributed by atoms with Crippen LogP contribution >= 0.6 is 24.0 Å². The first-order valence-electron chi connectivity index (χ1n) is 5.98. The summed E-state index contributed by atoms with van der Waals surface area (Å²) >= 11 is 0. The molecule has 1 aliphatic heterocycles. The molecule has 0 atom stereocenters. The molecule has 1 aromatic carbocycles. The van der Waals surface area contributed by atoms with Crippen LogP contribution in [0.25, 0.3) is 0 Å². The third kappa shape index (κ3) is 3.48. The van der Waals surface area contributed by atoms with Crippen LogP contribution < -0.4 is 5.32 Å². The second-order valence-electron chi connectivity index (χ2n) is 4.16. The number of nitrogens with zero attached hydrogens (tertiary/aromatic N) is 2. The van der Waals surface area contributed by atoms with Crippen LogP contribution in [0, 0.1) is 0 Å². The monoisotopic (exact) mass is 357 g/mol. The minimum absolute atomic E-state index is 0. The predicted octanol–water partition coefficient (Wildman–Crippen LogP) is 2.42. The van der Waals surface area contributed by atoms with Gasteiger partial charge in [0.15, 0.2) is 5.96 Å². The average molecular weight is 357 g/mol. The summed E-state index contributed by atoms with van der Waals surface area (Å²) < 4.78 is 0. The minimum Gasteiger partial charge on any atom is -0.353 e. The highest BCUT2D eigenvalue weighted by atomic mass is 127. The van der Waals surface area contributed by atoms with Crippen LogP contribution in [-0.4, -0.2) is 31.0 Å². The molecular formula is C14H20IN3. The van der Waals surface area contributed by atoms with Crippen LogP contribution in [0.1, 0.15) is 11.1 Å². The molecular weight excluding hydrogens is 337 g/mol. The van der Waals surface area contributed by atoms with Gasteiger partial charge in [-0.05, 0) is 17.5 Å². The van der Waals surface area contributed by atoms with Crippen molar-refractivity contribution in [1.82, 2.24) is 10.2 Å². The van der Waals surface area contributed by atoms with E-state index in [1.54, 1.807) is 0 Å². The Morgan fingerprint density at radius 3 is 2.83 bits per heavy atom. The Morgan fingerprint density at radius 1 is 1.44 bits per heavy atom. The normalized spacial score (nSPS) is 14.5. The first-order chi connectivity index (χ1) is 8.35. The predicted molar refractivity (Wildman–Crippen MR) is 87.5 cm³/mol. The first-order valence-corrected chi connectivity index (χ1v) is 5.98. The van der Waals surface area contributed by atoms with E-state index < -0.39 is 0 Å². The van der Waals surface area contributed by atoms with Gasteiger partial charge in [0.25, 0.3) is 0 Å². The van der Waals surface area contributed by atoms with Crippen molar-refractivity contribution in [2.75, 3.05) is 20.1 Å². The van der Waals surface area contributed by atoms with Crippen molar-refractivity contribution in [1.29, 1.82) is 0 Å². The van der Waals surface area contributed by atoms with E-state index in [0.29, 0.717) is 0 Å². The SMILES string of the molecule is C=CCNC(=NC)N1CCc2ccccc2C1.I. The van der Waals surface area contributed by atoms with Crippen molar-refractivity contribution in [3.8, 4) is 0 Å². The molecule has 98 valence electrons. The zero-order chi connectivity index (χ0) is 12.1. The van der Waals surface area contributed by atoms with Gasteiger partial charge in [-0.25, -0.2) is 0 Å². The third-order valence-electron chi connectivity index (χ3n) is 3.05. The lowest BCUT2D eigenvalue weighted by atomic mass is 10.0. The van der Waals surface area contributed by atoms with Crippen molar-refractivity contribution < 1.29 is 0 Å². The Morgan fingerprint density at radius 2 is 2.17 bits per heavy atom. The zero-order valence-electron chi connectivity index (χ0n) is 10.7. The third-order valence-corrected chi connectivity index (χ3v) is 3.05. The van der Waals surface area contributed by atoms with Gasteiger partial charge in [-0.2, -0.15) is 0 Å². The van der Waals surface area contributed by atoms with E-state index in [0.717, 1.165) is 32.0 Å². The number of guanidine groups is 1. The summed E-state index contributed by atoms with van der Waals surface area (Å²) in [7, 11) is 1.83. The largest absolute Gasteiger partial charge is 0.353 e. The number of hydrogen-bond donors (Lipinski definition) is 1. The number of rotatable bonds is 2. The van der Waals surface area contributed by atoms with Crippen LogP contribution in [-0.2, 0) is 13.0 Å². The fourth-order valence-electron chi connectivity index (χ4n) is 2.17. The molecule has 18 heavy (non-hydrogen) atoms. The molecule has 4 heteroatoms. The summed E-state index contributed by atoms with van der Waals surface area (Å²) in [5.41, 5.74) is 2.86. The zero-order valence-corrected chi connectivity index (χ0v) is 13.1. The van der Waals surface area contributed by atoms with Gasteiger partial charge in [-0.1, -0.05) is 30.3 Å². The highest BCUT2D eigenvalue weighted by molar-refractivity contribution is 14.0. The fraction of sp³-hybridized carbons (Fsp3) is 0.357. The molecule has 0 bridgehead atoms. The highest BCUT2D eigenvalue weighted by Gasteiger charge is 2.17. The molecule has 2 rings (SSSR count). The van der Waals surface area contributed by atoms with Gasteiger partial charge in [0.1, 0.15) is 0 Å². The van der Waals surface area contributed by atoms with E-state index >= 15 is 0 Å². The summed E-state index contributed by atoms with van der Waals surface area (Å²) in [5, 5.41) is 3.28. The smallest absolute Gasteiger partial charge is 0.194 e. The lowest BCUT2D eigenvalue weighted by molar-refractivity contribution is 0.380. The van der Waals surface area contributed by atoms with E-state index in [1.165, 1.54) is 11.1 Å². The molecule has 0 saturated carbocycles. The molecule has 1 N–H and O–H groups in total. The molecule has 0 unspecified atom stereocenters. The first kappa shape index (κ1) is 15.0. The molecule has 0 radical (unpaired) electrons. The lowest BCUT2D eigenvalue weighted by Gasteiger charge is -2.31. The second kappa shape index (κ2) is 7.41. The Kier molecular flexibility index (Phi) is 6.18. The maximum atomic E-state index is 4.31. The maximum Gasteiger partial charge on any atom is 0.194 e. The van der Waals surface area contributed by atoms with Crippen LogP contribution in [0.3, 0.4) is 0 Å². The summed E-state index contributed by atoms with van der Waals surface area (Å²) in [6.07, 6.45) is 2.94. The van der Waals surface area contributed by atoms with E-state index in [-0.39, 0.29) is 24.0 Å². The topological polar surface area (TPSA) is 27.6 Å². The quantitative estimate of drug-likeness (QED) is 0.381. The van der Waals surface area contributed by atoms with Gasteiger partial charge < -0.3 is 10.2 Å². The summed E-state index contributed by atoms with van der Waals surface area (Å²) in [6.45, 7) is 6.43. The van der Waals surface area contributed by atoms with Gasteiger partial charge in [0.2, 0.25) is 0 Å². The Balaban J connectivity index is 0.00000162. The van der Waals surface area contributed by atoms with Gasteiger partial charge >= 0.3 is 0 Å². The van der Waals surface area contributed by atoms with Crippen LogP contribution in [0.5, 0.6) is 0 Å². The Labute approximate surface area is 126 Å². The standard InChI is InChI=1S/C14H19N3.HI/c1-3-9-16-14(15-2)17-10-8-12-6-4-5-7-13(12)11-17;/h3-7H,1,8-11H2,2H3,(H,15,16);1H. The van der Waals surface area contributed by atoms with E-state index in [4.69, 9.17) is 0 Å². The lowest BCUT2D eigenvalue weighted by Crippen LogP contribution is -2.44. The molecule has 0 fully saturated rings. The number of halogens is 1. The second-order valence-corrected chi connectivity index (χ2v) is 4.16. The Bertz CT molecular complexity index is 429. The number of nitrogens with one attached hydrogen (secondary N) is 1. The fourth-order valence-corrected chi connectivity index (χ4v) is 2.17. The average Bonchev–Trinajstić information content (AvgIpc) is 2.39. The van der Waals surface area contributed by atoms with E-state index in [1.807, 2.05) is 13.1 Å². The van der Waals surface area contributed by atoms with Crippen LogP contribution in [0.4, 0.5) is 0 Å². The van der Waals surface area contributed by atoms with E-state index in [9.17, 15) is 0 Å². The summed E-state index contributed by atoms with van der Waals surface area (Å²) in [6, 6.07) is 8.62. The van der Waals surface area contributed by atoms with Crippen molar-refractivity contribution in [2.45, 2.75) is 13.0 Å². The highest BCUT2D eigenvalue weighted by Crippen LogP contribution is 2.18. The molecule has 0 spiro atoms. The summed E-state index contributed by atoms with van der Waals surface area (Å²) in [4.78, 5) is 6.59. The van der Waals surface area contributed by atoms with Crippen molar-refractivity contribution in [3.63, 3.8) is 0 Å². The minimum atomic E-state index is 0. The van der Waals surface area contributed by atoms with E-state index in [2.05, 4.69) is 46.1 Å². The van der Waals surface area contributed by atoms with Gasteiger partial charge in [0, 0.05) is 26.7 Å². The number of hydrogen-bond acceptors (Lipinski definition) is 1. The van der Waals surface area contributed by atoms with Gasteiger partial charge in [0.05, 0.1) is 0 Å². The van der Waals surface area contributed by atoms with Crippen molar-refractivity contribution in [2.24, 2.45) is 4.99 Å². The molecule has 0 saturated heterocycles. The number of fused-ring (bicyclic) bond motifs is 1. The van der Waals surface area contributed by atoms with Crippen molar-refractivity contribution >= 4 is 29.9 Å². The molecule has 1 aliphatic rings. The number of aliphatic imine (C=N–C) groups is 1. The summed E-state index contributed by atoms with van der Waals surface area (Å²) in [5.74, 6) is 0.958. The Hall–Kier alpha value is -1.04. The van der Waals surface area contributed by atoms with Gasteiger partial charge in [-0.15, -0.1) is 30.6 Å². The molecule has 1 aromatic rings. The molecule has 0 aromatic heterocycles. The molecule has 3 nitrogen and oxygen atoms in total. The molecule has 0 amide bonds. The van der Waals surface area contributed by atoms with Crippen LogP contribution in [0.2, 0.25) is 0 Å². The van der Waals surface area contributed by atoms with Crippen LogP contribution in [0.15, 0.2) is 41.9 Å². The maximum absolute atomic E-state index is 4.31. The van der Waals surface area contributed by atoms with Crippen molar-refractivity contribution in [3.05, 3.63) is 48.0 Å². The number of benzene rings is 1. The molecule has 1 heterocycles. The molecule has 0 aliphatic carbocycles. The van der Waals surface area contributed by atoms with Gasteiger partial charge in [-0.3, -0.25) is 4.99 Å².